The molecule has 1 heteroatoms. The fourth-order valence-corrected chi connectivity index (χ4v) is 1.40. The quantitative estimate of drug-likeness (QED) is 0.745. The third kappa shape index (κ3) is 2.85. The van der Waals surface area contributed by atoms with Crippen LogP contribution in [0.1, 0.15) is 37.3 Å². The summed E-state index contributed by atoms with van der Waals surface area (Å²) in [5, 5.41) is 3.15. The van der Waals surface area contributed by atoms with Crippen LogP contribution in [0.4, 0.5) is 0 Å². The first kappa shape index (κ1) is 10.3. The lowest BCUT2D eigenvalue weighted by molar-refractivity contribution is 0.731. The van der Waals surface area contributed by atoms with Gasteiger partial charge in [0.15, 0.2) is 0 Å². The second-order valence-electron chi connectivity index (χ2n) is 3.58. The third-order valence-corrected chi connectivity index (χ3v) is 2.54. The van der Waals surface area contributed by atoms with Gasteiger partial charge in [0.2, 0.25) is 0 Å². The van der Waals surface area contributed by atoms with Gasteiger partial charge >= 0.3 is 0 Å². The molecule has 0 aliphatic heterocycles. The maximum absolute atomic E-state index is 3.15. The molecule has 1 aromatic carbocycles. The Kier molecular flexibility index (Phi) is 3.97. The number of hydrogen-bond donors (Lipinski definition) is 1. The molecule has 0 saturated carbocycles. The Hall–Kier alpha value is -0.820. The van der Waals surface area contributed by atoms with E-state index in [0.717, 1.165) is 6.54 Å². The number of hydrogen-bond acceptors (Lipinski definition) is 1. The molecule has 0 aromatic heterocycles. The summed E-state index contributed by atoms with van der Waals surface area (Å²) in [6.07, 6.45) is 1.21. The van der Waals surface area contributed by atoms with Crippen molar-refractivity contribution in [1.29, 1.82) is 0 Å². The van der Waals surface area contributed by atoms with Crippen LogP contribution in [-0.2, 0) is 6.54 Å². The zero-order valence-corrected chi connectivity index (χ0v) is 8.80. The van der Waals surface area contributed by atoms with Gasteiger partial charge in [-0.2, -0.15) is 0 Å². The van der Waals surface area contributed by atoms with Gasteiger partial charge in [0.25, 0.3) is 0 Å². The summed E-state index contributed by atoms with van der Waals surface area (Å²) in [5.74, 6) is 0.684. The molecule has 0 saturated heterocycles. The second kappa shape index (κ2) is 5.03. The average molecular weight is 177 g/mol. The molecule has 0 heterocycles. The fourth-order valence-electron chi connectivity index (χ4n) is 1.40. The van der Waals surface area contributed by atoms with E-state index in [0.29, 0.717) is 5.92 Å². The van der Waals surface area contributed by atoms with Gasteiger partial charge in [-0.05, 0) is 30.5 Å². The Morgan fingerprint density at radius 2 is 1.85 bits per heavy atom. The number of rotatable bonds is 4. The van der Waals surface area contributed by atoms with Crippen molar-refractivity contribution in [3.8, 4) is 0 Å². The Bertz CT molecular complexity index is 238. The molecule has 1 unspecified atom stereocenters. The maximum atomic E-state index is 3.15. The summed E-state index contributed by atoms with van der Waals surface area (Å²) in [6, 6.07) is 8.89. The second-order valence-corrected chi connectivity index (χ2v) is 3.58. The topological polar surface area (TPSA) is 12.0 Å². The van der Waals surface area contributed by atoms with Crippen molar-refractivity contribution < 1.29 is 0 Å². The smallest absolute Gasteiger partial charge is 0.0202 e. The summed E-state index contributed by atoms with van der Waals surface area (Å²) < 4.78 is 0. The largest absolute Gasteiger partial charge is 0.316 e. The molecule has 1 rings (SSSR count). The van der Waals surface area contributed by atoms with Crippen molar-refractivity contribution in [2.24, 2.45) is 0 Å². The molecule has 0 aliphatic carbocycles. The normalized spacial score (nSPS) is 12.8. The minimum absolute atomic E-state index is 0.684. The van der Waals surface area contributed by atoms with Gasteiger partial charge in [-0.3, -0.25) is 0 Å². The monoisotopic (exact) mass is 177 g/mol. The van der Waals surface area contributed by atoms with Gasteiger partial charge in [0.05, 0.1) is 0 Å². The third-order valence-electron chi connectivity index (χ3n) is 2.54. The summed E-state index contributed by atoms with van der Waals surface area (Å²) >= 11 is 0. The van der Waals surface area contributed by atoms with Crippen molar-refractivity contribution in [3.05, 3.63) is 35.4 Å². The van der Waals surface area contributed by atoms with E-state index < -0.39 is 0 Å². The number of benzene rings is 1. The molecular formula is C12H19N. The van der Waals surface area contributed by atoms with E-state index >= 15 is 0 Å². The molecule has 0 aliphatic rings. The first-order chi connectivity index (χ1) is 6.27. The van der Waals surface area contributed by atoms with Gasteiger partial charge in [-0.15, -0.1) is 0 Å². The van der Waals surface area contributed by atoms with Crippen molar-refractivity contribution in [2.45, 2.75) is 32.7 Å². The summed E-state index contributed by atoms with van der Waals surface area (Å²) in [7, 11) is 1.97. The van der Waals surface area contributed by atoms with Crippen molar-refractivity contribution in [1.82, 2.24) is 5.32 Å². The van der Waals surface area contributed by atoms with Crippen molar-refractivity contribution in [3.63, 3.8) is 0 Å². The van der Waals surface area contributed by atoms with E-state index in [1.165, 1.54) is 17.5 Å². The summed E-state index contributed by atoms with van der Waals surface area (Å²) in [6.45, 7) is 5.46. The lowest BCUT2D eigenvalue weighted by Crippen LogP contribution is -2.04. The van der Waals surface area contributed by atoms with Crippen LogP contribution in [0.2, 0.25) is 0 Å². The first-order valence-electron chi connectivity index (χ1n) is 5.01. The Balaban J connectivity index is 2.69. The lowest BCUT2D eigenvalue weighted by atomic mass is 9.98. The average Bonchev–Trinajstić information content (AvgIpc) is 2.18. The molecular weight excluding hydrogens is 158 g/mol. The first-order valence-corrected chi connectivity index (χ1v) is 5.01. The van der Waals surface area contributed by atoms with Crippen molar-refractivity contribution >= 4 is 0 Å². The zero-order valence-electron chi connectivity index (χ0n) is 8.80. The molecule has 0 amide bonds. The number of nitrogens with one attached hydrogen (secondary N) is 1. The van der Waals surface area contributed by atoms with E-state index in [2.05, 4.69) is 43.4 Å². The van der Waals surface area contributed by atoms with Gasteiger partial charge < -0.3 is 5.32 Å². The van der Waals surface area contributed by atoms with E-state index in [-0.39, 0.29) is 0 Å². The Labute approximate surface area is 81.2 Å². The van der Waals surface area contributed by atoms with Gasteiger partial charge in [-0.25, -0.2) is 0 Å². The molecule has 0 radical (unpaired) electrons. The molecule has 1 aromatic rings. The van der Waals surface area contributed by atoms with Crippen LogP contribution in [-0.4, -0.2) is 7.05 Å². The fraction of sp³-hybridized carbons (Fsp3) is 0.500. The molecule has 0 fully saturated rings. The lowest BCUT2D eigenvalue weighted by Gasteiger charge is -2.09. The highest BCUT2D eigenvalue weighted by Crippen LogP contribution is 2.18. The van der Waals surface area contributed by atoms with Crippen LogP contribution in [0.25, 0.3) is 0 Å². The minimum atomic E-state index is 0.684. The summed E-state index contributed by atoms with van der Waals surface area (Å²) in [5.41, 5.74) is 2.80. The van der Waals surface area contributed by atoms with E-state index in [1.54, 1.807) is 0 Å². The minimum Gasteiger partial charge on any atom is -0.316 e. The molecule has 0 bridgehead atoms. The highest BCUT2D eigenvalue weighted by Gasteiger charge is 2.01. The molecule has 0 spiro atoms. The molecule has 1 nitrogen and oxygen atoms in total. The van der Waals surface area contributed by atoms with Gasteiger partial charge in [0, 0.05) is 6.54 Å². The van der Waals surface area contributed by atoms with Crippen molar-refractivity contribution in [2.75, 3.05) is 7.05 Å². The van der Waals surface area contributed by atoms with Crippen LogP contribution in [0, 0.1) is 0 Å². The predicted octanol–water partition coefficient (Wildman–Crippen LogP) is 2.92. The highest BCUT2D eigenvalue weighted by atomic mass is 14.8. The Morgan fingerprint density at radius 1 is 1.23 bits per heavy atom. The van der Waals surface area contributed by atoms with Crippen LogP contribution in [0.15, 0.2) is 24.3 Å². The van der Waals surface area contributed by atoms with E-state index in [9.17, 15) is 0 Å². The Morgan fingerprint density at radius 3 is 2.31 bits per heavy atom. The molecule has 72 valence electrons. The van der Waals surface area contributed by atoms with Crippen LogP contribution in [0.3, 0.4) is 0 Å². The standard InChI is InChI=1S/C12H19N/c1-4-10(2)12-7-5-11(6-8-12)9-13-3/h5-8,10,13H,4,9H2,1-3H3. The maximum Gasteiger partial charge on any atom is 0.0202 e. The predicted molar refractivity (Wildman–Crippen MR) is 57.9 cm³/mol. The molecule has 1 N–H and O–H groups in total. The van der Waals surface area contributed by atoms with Gasteiger partial charge in [0.1, 0.15) is 0 Å². The molecule has 1 atom stereocenters. The van der Waals surface area contributed by atoms with Crippen LogP contribution >= 0.6 is 0 Å². The highest BCUT2D eigenvalue weighted by molar-refractivity contribution is 5.24. The van der Waals surface area contributed by atoms with Gasteiger partial charge in [-0.1, -0.05) is 38.1 Å². The van der Waals surface area contributed by atoms with E-state index in [1.807, 2.05) is 7.05 Å². The molecule has 13 heavy (non-hydrogen) atoms. The van der Waals surface area contributed by atoms with E-state index in [4.69, 9.17) is 0 Å². The zero-order chi connectivity index (χ0) is 9.68. The van der Waals surface area contributed by atoms with Crippen LogP contribution in [0.5, 0.6) is 0 Å². The van der Waals surface area contributed by atoms with Crippen LogP contribution < -0.4 is 5.32 Å². The SMILES string of the molecule is CCC(C)c1ccc(CNC)cc1. The summed E-state index contributed by atoms with van der Waals surface area (Å²) in [4.78, 5) is 0.